The van der Waals surface area contributed by atoms with Gasteiger partial charge in [-0.2, -0.15) is 0 Å². The molecule has 6 aliphatic rings. The standard InChI is InChI=1S/C23H23NO5/c1-12(2)5-4-6-17(26)28-15-8-7-13-9-16-23(27)21(24(16)3)10-14(25)20-22(23,11-21)18(13)19(15)29-20/h4-8,16,20,27H,9-11H2,1-3H3/b6-4+/t16-,20+,21?,22+,23+/m1/s1. The molecule has 150 valence electrons. The second-order valence-electron chi connectivity index (χ2n) is 9.37. The number of likely N-dealkylation sites (N-methyl/N-ethyl adjacent to an activating group) is 1. The summed E-state index contributed by atoms with van der Waals surface area (Å²) < 4.78 is 11.7. The van der Waals surface area contributed by atoms with E-state index in [1.165, 1.54) is 6.08 Å². The molecule has 5 atom stereocenters. The highest BCUT2D eigenvalue weighted by atomic mass is 16.6. The maximum Gasteiger partial charge on any atom is 0.336 e. The van der Waals surface area contributed by atoms with Crippen molar-refractivity contribution in [3.05, 3.63) is 47.1 Å². The molecular formula is C23H23NO5. The number of Topliss-reactive ketones (excluding diaryl/α,β-unsaturated/α-hetero) is 1. The molecule has 7 rings (SSSR count). The van der Waals surface area contributed by atoms with Gasteiger partial charge in [-0.15, -0.1) is 0 Å². The van der Waals surface area contributed by atoms with Gasteiger partial charge in [-0.3, -0.25) is 9.69 Å². The number of nitrogens with zero attached hydrogens (tertiary/aromatic N) is 1. The number of hydrogen-bond acceptors (Lipinski definition) is 6. The molecule has 3 saturated carbocycles. The molecule has 2 heterocycles. The van der Waals surface area contributed by atoms with E-state index in [9.17, 15) is 14.7 Å². The second kappa shape index (κ2) is 4.99. The number of hydrogen-bond donors (Lipinski definition) is 1. The minimum absolute atomic E-state index is 0.00527. The van der Waals surface area contributed by atoms with Crippen molar-refractivity contribution >= 4 is 11.8 Å². The summed E-state index contributed by atoms with van der Waals surface area (Å²) in [6.45, 7) is 3.89. The number of rotatable bonds is 3. The fourth-order valence-electron chi connectivity index (χ4n) is 6.93. The maximum atomic E-state index is 12.9. The zero-order chi connectivity index (χ0) is 20.3. The van der Waals surface area contributed by atoms with Crippen LogP contribution in [0.2, 0.25) is 0 Å². The molecule has 1 saturated heterocycles. The summed E-state index contributed by atoms with van der Waals surface area (Å²) >= 11 is 0. The van der Waals surface area contributed by atoms with Crippen LogP contribution in [-0.4, -0.2) is 52.1 Å². The van der Waals surface area contributed by atoms with E-state index in [-0.39, 0.29) is 11.8 Å². The smallest absolute Gasteiger partial charge is 0.336 e. The van der Waals surface area contributed by atoms with Crippen molar-refractivity contribution in [1.82, 2.24) is 4.90 Å². The van der Waals surface area contributed by atoms with Gasteiger partial charge >= 0.3 is 5.97 Å². The van der Waals surface area contributed by atoms with E-state index in [2.05, 4.69) is 4.90 Å². The lowest BCUT2D eigenvalue weighted by molar-refractivity contribution is -0.378. The lowest BCUT2D eigenvalue weighted by Gasteiger charge is -2.85. The third kappa shape index (κ3) is 1.62. The van der Waals surface area contributed by atoms with Crippen molar-refractivity contribution in [3.8, 4) is 11.5 Å². The molecule has 0 aromatic heterocycles. The van der Waals surface area contributed by atoms with Gasteiger partial charge in [-0.25, -0.2) is 4.79 Å². The molecule has 1 aromatic carbocycles. The number of carbonyl (C=O) groups is 2. The van der Waals surface area contributed by atoms with Crippen LogP contribution >= 0.6 is 0 Å². The molecular weight excluding hydrogens is 370 g/mol. The monoisotopic (exact) mass is 393 g/mol. The van der Waals surface area contributed by atoms with E-state index in [1.54, 1.807) is 12.1 Å². The second-order valence-corrected chi connectivity index (χ2v) is 9.37. The van der Waals surface area contributed by atoms with Crippen molar-refractivity contribution in [2.24, 2.45) is 0 Å². The first-order valence-corrected chi connectivity index (χ1v) is 10.1. The number of aliphatic hydroxyl groups is 1. The van der Waals surface area contributed by atoms with Crippen LogP contribution < -0.4 is 9.47 Å². The lowest BCUT2D eigenvalue weighted by Crippen LogP contribution is -3.02. The normalized spacial score (nSPS) is 39.9. The molecule has 0 radical (unpaired) electrons. The average Bonchev–Trinajstić information content (AvgIpc) is 3.04. The van der Waals surface area contributed by atoms with Crippen LogP contribution in [0.15, 0.2) is 35.9 Å². The molecule has 29 heavy (non-hydrogen) atoms. The summed E-state index contributed by atoms with van der Waals surface area (Å²) in [5.74, 6) is 0.303. The minimum atomic E-state index is -0.947. The van der Waals surface area contributed by atoms with Gasteiger partial charge in [0, 0.05) is 24.1 Å². The Labute approximate surface area is 168 Å². The number of carbonyl (C=O) groups excluding carboxylic acids is 2. The number of piperidine rings is 1. The van der Waals surface area contributed by atoms with Crippen molar-refractivity contribution in [1.29, 1.82) is 0 Å². The lowest BCUT2D eigenvalue weighted by atomic mass is 9.29. The first kappa shape index (κ1) is 17.4. The molecule has 2 aliphatic heterocycles. The maximum absolute atomic E-state index is 12.9. The average molecular weight is 393 g/mol. The number of likely N-dealkylation sites (tertiary alicyclic amines) is 1. The number of fused-ring (bicyclic) bond motifs is 1. The van der Waals surface area contributed by atoms with Crippen LogP contribution in [0.25, 0.3) is 0 Å². The summed E-state index contributed by atoms with van der Waals surface area (Å²) in [6.07, 6.45) is 5.87. The van der Waals surface area contributed by atoms with Crippen molar-refractivity contribution in [2.45, 2.75) is 61.8 Å². The molecule has 6 nitrogen and oxygen atoms in total. The number of benzene rings is 1. The van der Waals surface area contributed by atoms with Gasteiger partial charge in [-0.1, -0.05) is 23.8 Å². The van der Waals surface area contributed by atoms with Crippen molar-refractivity contribution < 1.29 is 24.2 Å². The van der Waals surface area contributed by atoms with Crippen molar-refractivity contribution in [3.63, 3.8) is 0 Å². The SMILES string of the molecule is CC(C)=C/C=C/C(=O)Oc1ccc2c3c1O[C@H]1C(=O)CC45C[C@]31[C@]4(O)[C@@H](C2)N5C. The van der Waals surface area contributed by atoms with E-state index in [1.807, 2.05) is 33.0 Å². The fourth-order valence-corrected chi connectivity index (χ4v) is 6.93. The van der Waals surface area contributed by atoms with Gasteiger partial charge in [0.25, 0.3) is 0 Å². The zero-order valence-corrected chi connectivity index (χ0v) is 16.7. The Balaban J connectivity index is 1.44. The first-order chi connectivity index (χ1) is 13.8. The van der Waals surface area contributed by atoms with E-state index in [0.717, 1.165) is 16.7 Å². The zero-order valence-electron chi connectivity index (χ0n) is 16.7. The highest BCUT2D eigenvalue weighted by Crippen LogP contribution is 2.79. The van der Waals surface area contributed by atoms with Gasteiger partial charge in [0.15, 0.2) is 23.4 Å². The highest BCUT2D eigenvalue weighted by Gasteiger charge is 2.93. The van der Waals surface area contributed by atoms with Gasteiger partial charge in [0.1, 0.15) is 5.60 Å². The molecule has 2 bridgehead atoms. The van der Waals surface area contributed by atoms with Gasteiger partial charge in [0.05, 0.1) is 11.0 Å². The van der Waals surface area contributed by atoms with Crippen LogP contribution in [0.1, 0.15) is 37.8 Å². The number of ether oxygens (including phenoxy) is 2. The Hall–Kier alpha value is -2.44. The van der Waals surface area contributed by atoms with Gasteiger partial charge in [-0.05, 0) is 45.4 Å². The van der Waals surface area contributed by atoms with E-state index in [4.69, 9.17) is 9.47 Å². The molecule has 2 spiro atoms. The highest BCUT2D eigenvalue weighted by molar-refractivity contribution is 5.95. The number of ketones is 1. The Kier molecular flexibility index (Phi) is 3.00. The van der Waals surface area contributed by atoms with Crippen LogP contribution in [0.5, 0.6) is 11.5 Å². The molecule has 1 N–H and O–H groups in total. The van der Waals surface area contributed by atoms with Gasteiger partial charge < -0.3 is 14.6 Å². The summed E-state index contributed by atoms with van der Waals surface area (Å²) in [6, 6.07) is 3.69. The first-order valence-electron chi connectivity index (χ1n) is 10.1. The predicted octanol–water partition coefficient (Wildman–Crippen LogP) is 1.83. The Morgan fingerprint density at radius 1 is 1.38 bits per heavy atom. The number of esters is 1. The summed E-state index contributed by atoms with van der Waals surface area (Å²) in [4.78, 5) is 27.4. The Morgan fingerprint density at radius 2 is 2.17 bits per heavy atom. The van der Waals surface area contributed by atoms with Gasteiger partial charge in [0.2, 0.25) is 0 Å². The molecule has 4 aliphatic carbocycles. The molecule has 1 unspecified atom stereocenters. The Bertz CT molecular complexity index is 1070. The predicted molar refractivity (Wildman–Crippen MR) is 104 cm³/mol. The summed E-state index contributed by atoms with van der Waals surface area (Å²) in [5.41, 5.74) is 0.922. The third-order valence-corrected chi connectivity index (χ3v) is 7.97. The quantitative estimate of drug-likeness (QED) is 0.366. The van der Waals surface area contributed by atoms with Crippen LogP contribution in [0, 0.1) is 0 Å². The minimum Gasteiger partial charge on any atom is -0.477 e. The molecule has 6 heteroatoms. The molecule has 0 amide bonds. The van der Waals surface area contributed by atoms with E-state index < -0.39 is 28.6 Å². The van der Waals surface area contributed by atoms with Crippen molar-refractivity contribution in [2.75, 3.05) is 7.05 Å². The summed E-state index contributed by atoms with van der Waals surface area (Å²) in [7, 11) is 2.01. The third-order valence-electron chi connectivity index (χ3n) is 7.97. The van der Waals surface area contributed by atoms with E-state index >= 15 is 0 Å². The largest absolute Gasteiger partial charge is 0.477 e. The fraction of sp³-hybridized carbons (Fsp3) is 0.478. The molecule has 1 aromatic rings. The van der Waals surface area contributed by atoms with Crippen LogP contribution in [0.3, 0.4) is 0 Å². The summed E-state index contributed by atoms with van der Waals surface area (Å²) in [5, 5.41) is 11.8. The molecule has 4 fully saturated rings. The van der Waals surface area contributed by atoms with Crippen LogP contribution in [-0.2, 0) is 21.4 Å². The van der Waals surface area contributed by atoms with E-state index in [0.29, 0.717) is 30.8 Å². The number of allylic oxidation sites excluding steroid dienone is 3. The Morgan fingerprint density at radius 3 is 2.93 bits per heavy atom. The topological polar surface area (TPSA) is 76.1 Å². The van der Waals surface area contributed by atoms with Crippen LogP contribution in [0.4, 0.5) is 0 Å².